The fourth-order valence-corrected chi connectivity index (χ4v) is 5.53. The minimum atomic E-state index is -0.669. The zero-order valence-corrected chi connectivity index (χ0v) is 18.8. The lowest BCUT2D eigenvalue weighted by Gasteiger charge is -2.33. The first kappa shape index (κ1) is 21.1. The van der Waals surface area contributed by atoms with Crippen LogP contribution in [0.1, 0.15) is 11.1 Å². The van der Waals surface area contributed by atoms with E-state index in [1.165, 1.54) is 41.9 Å². The highest BCUT2D eigenvalue weighted by molar-refractivity contribution is 8.09. The predicted molar refractivity (Wildman–Crippen MR) is 123 cm³/mol. The van der Waals surface area contributed by atoms with Gasteiger partial charge < -0.3 is 15.0 Å². The van der Waals surface area contributed by atoms with Crippen molar-refractivity contribution in [2.24, 2.45) is 7.05 Å². The Kier molecular flexibility index (Phi) is 4.92. The largest absolute Gasteiger partial charge is 0.495 e. The molecule has 0 radical (unpaired) electrons. The summed E-state index contributed by atoms with van der Waals surface area (Å²) in [4.78, 5) is 46.9. The fraction of sp³-hybridized carbons (Fsp3) is 0.190. The van der Waals surface area contributed by atoms with Gasteiger partial charge in [-0.2, -0.15) is 5.26 Å². The van der Waals surface area contributed by atoms with Crippen LogP contribution in [-0.4, -0.2) is 44.9 Å². The molecule has 33 heavy (non-hydrogen) atoms. The second kappa shape index (κ2) is 7.68. The molecule has 4 heterocycles. The van der Waals surface area contributed by atoms with E-state index in [2.05, 4.69) is 21.4 Å². The Morgan fingerprint density at radius 3 is 2.79 bits per heavy atom. The number of benzene rings is 1. The number of pyridine rings is 1. The van der Waals surface area contributed by atoms with Crippen molar-refractivity contribution in [1.29, 1.82) is 5.26 Å². The van der Waals surface area contributed by atoms with Gasteiger partial charge in [-0.3, -0.25) is 14.3 Å². The number of halogens is 1. The lowest BCUT2D eigenvalue weighted by molar-refractivity contribution is -0.118. The highest BCUT2D eigenvalue weighted by atomic mass is 35.5. The third-order valence-corrected chi connectivity index (χ3v) is 7.22. The van der Waals surface area contributed by atoms with Crippen LogP contribution in [0.25, 0.3) is 15.9 Å². The van der Waals surface area contributed by atoms with E-state index in [1.807, 2.05) is 0 Å². The van der Waals surface area contributed by atoms with Crippen molar-refractivity contribution >= 4 is 56.9 Å². The number of carbonyl (C=O) groups excluding carboxylic acids is 2. The first-order valence-electron chi connectivity index (χ1n) is 9.67. The van der Waals surface area contributed by atoms with Gasteiger partial charge in [0.1, 0.15) is 11.0 Å². The van der Waals surface area contributed by atoms with E-state index in [-0.39, 0.29) is 11.4 Å². The smallest absolute Gasteiger partial charge is 0.329 e. The molecule has 166 valence electrons. The second-order valence-electron chi connectivity index (χ2n) is 7.41. The van der Waals surface area contributed by atoms with Crippen LogP contribution in [0.5, 0.6) is 5.75 Å². The van der Waals surface area contributed by atoms with Crippen molar-refractivity contribution < 1.29 is 14.3 Å². The van der Waals surface area contributed by atoms with Crippen molar-refractivity contribution in [1.82, 2.24) is 19.9 Å². The van der Waals surface area contributed by atoms with Gasteiger partial charge in [0.2, 0.25) is 0 Å². The number of anilines is 1. The first-order valence-corrected chi connectivity index (χ1v) is 10.9. The number of carbonyl (C=O) groups is 2. The third kappa shape index (κ3) is 3.18. The standard InChI is InChI=1S/C21H15ClN6O4S/c1-27-17-13(26-20(27)30)7-24-8-14(17)28-19(29)18-12(25-21(28)31)5-16(33-18)10-4-15(32-2)11(22)3-9(10)6-23/h3-5,7-8,12,18H,1-2H3,(H,25,31)(H,26,30). The molecular weight excluding hydrogens is 468 g/mol. The number of aromatic nitrogens is 3. The topological polar surface area (TPSA) is 133 Å². The van der Waals surface area contributed by atoms with Gasteiger partial charge in [0.25, 0.3) is 5.91 Å². The van der Waals surface area contributed by atoms with Crippen LogP contribution < -0.4 is 20.6 Å². The molecule has 0 spiro atoms. The zero-order chi connectivity index (χ0) is 23.4. The Labute approximate surface area is 195 Å². The lowest BCUT2D eigenvalue weighted by atomic mass is 10.0. The molecule has 2 N–H and O–H groups in total. The van der Waals surface area contributed by atoms with Crippen LogP contribution in [-0.2, 0) is 11.8 Å². The molecule has 3 amide bonds. The Balaban J connectivity index is 1.54. The van der Waals surface area contributed by atoms with Crippen LogP contribution in [0.15, 0.2) is 35.4 Å². The van der Waals surface area contributed by atoms with E-state index in [4.69, 9.17) is 16.3 Å². The molecular formula is C21H15ClN6O4S. The van der Waals surface area contributed by atoms with Crippen molar-refractivity contribution in [2.45, 2.75) is 11.3 Å². The van der Waals surface area contributed by atoms with Crippen LogP contribution in [0.2, 0.25) is 5.02 Å². The maximum atomic E-state index is 13.5. The van der Waals surface area contributed by atoms with Gasteiger partial charge >= 0.3 is 11.7 Å². The van der Waals surface area contributed by atoms with E-state index < -0.39 is 23.2 Å². The lowest BCUT2D eigenvalue weighted by Crippen LogP contribution is -2.60. The summed E-state index contributed by atoms with van der Waals surface area (Å²) < 4.78 is 6.59. The summed E-state index contributed by atoms with van der Waals surface area (Å²) in [6.45, 7) is 0. The van der Waals surface area contributed by atoms with Crippen LogP contribution in [0.3, 0.4) is 0 Å². The third-order valence-electron chi connectivity index (χ3n) is 5.57. The summed E-state index contributed by atoms with van der Waals surface area (Å²) in [5.74, 6) is -0.0625. The van der Waals surface area contributed by atoms with Crippen molar-refractivity contribution in [3.8, 4) is 11.8 Å². The Morgan fingerprint density at radius 2 is 2.06 bits per heavy atom. The number of fused-ring (bicyclic) bond motifs is 2. The van der Waals surface area contributed by atoms with Gasteiger partial charge in [-0.25, -0.2) is 14.5 Å². The number of methoxy groups -OCH3 is 1. The first-order chi connectivity index (χ1) is 15.8. The molecule has 1 fully saturated rings. The van der Waals surface area contributed by atoms with E-state index in [0.29, 0.717) is 37.8 Å². The molecule has 2 aliphatic rings. The second-order valence-corrected chi connectivity index (χ2v) is 9.00. The number of urea groups is 1. The summed E-state index contributed by atoms with van der Waals surface area (Å²) in [6.07, 6.45) is 4.58. The van der Waals surface area contributed by atoms with E-state index in [1.54, 1.807) is 19.2 Å². The zero-order valence-electron chi connectivity index (χ0n) is 17.2. The Bertz CT molecular complexity index is 1490. The molecule has 3 aromatic rings. The Morgan fingerprint density at radius 1 is 1.27 bits per heavy atom. The van der Waals surface area contributed by atoms with Crippen molar-refractivity contribution in [3.05, 3.63) is 57.2 Å². The van der Waals surface area contributed by atoms with Gasteiger partial charge in [-0.05, 0) is 18.2 Å². The number of imide groups is 1. The molecule has 0 bridgehead atoms. The number of nitrogens with one attached hydrogen (secondary N) is 2. The molecule has 1 aromatic carbocycles. The van der Waals surface area contributed by atoms with Gasteiger partial charge in [0.15, 0.2) is 0 Å². The van der Waals surface area contributed by atoms with Crippen LogP contribution in [0.4, 0.5) is 10.5 Å². The van der Waals surface area contributed by atoms with Gasteiger partial charge in [-0.1, -0.05) is 11.6 Å². The summed E-state index contributed by atoms with van der Waals surface area (Å²) in [5.41, 5.74) is 1.50. The van der Waals surface area contributed by atoms with E-state index >= 15 is 0 Å². The number of aromatic amines is 1. The molecule has 2 unspecified atom stereocenters. The van der Waals surface area contributed by atoms with Crippen molar-refractivity contribution in [2.75, 3.05) is 12.0 Å². The van der Waals surface area contributed by atoms with Gasteiger partial charge in [0.05, 0.1) is 58.9 Å². The number of thioether (sulfide) groups is 1. The monoisotopic (exact) mass is 482 g/mol. The minimum Gasteiger partial charge on any atom is -0.495 e. The average molecular weight is 483 g/mol. The summed E-state index contributed by atoms with van der Waals surface area (Å²) in [6, 6.07) is 4.05. The Hall–Kier alpha value is -3.75. The fourth-order valence-electron chi connectivity index (χ4n) is 3.99. The molecule has 2 aromatic heterocycles. The number of ether oxygens (including phenoxy) is 1. The maximum absolute atomic E-state index is 13.5. The van der Waals surface area contributed by atoms with E-state index in [9.17, 15) is 19.6 Å². The van der Waals surface area contributed by atoms with Gasteiger partial charge in [-0.15, -0.1) is 11.8 Å². The molecule has 10 nitrogen and oxygen atoms in total. The minimum absolute atomic E-state index is 0.203. The summed E-state index contributed by atoms with van der Waals surface area (Å²) in [7, 11) is 3.01. The number of aryl methyl sites for hydroxylation is 1. The number of nitriles is 1. The number of H-pyrrole nitrogens is 1. The molecule has 1 saturated heterocycles. The molecule has 2 atom stereocenters. The average Bonchev–Trinajstić information content (AvgIpc) is 3.34. The number of imidazole rings is 1. The molecule has 12 heteroatoms. The number of rotatable bonds is 3. The molecule has 2 aliphatic heterocycles. The van der Waals surface area contributed by atoms with Crippen LogP contribution >= 0.6 is 23.4 Å². The normalized spacial score (nSPS) is 19.8. The quantitative estimate of drug-likeness (QED) is 0.585. The molecule has 0 saturated carbocycles. The maximum Gasteiger partial charge on any atom is 0.329 e. The summed E-state index contributed by atoms with van der Waals surface area (Å²) >= 11 is 7.38. The predicted octanol–water partition coefficient (Wildman–Crippen LogP) is 2.38. The molecule has 5 rings (SSSR count). The number of hydrogen-bond acceptors (Lipinski definition) is 7. The SMILES string of the molecule is COc1cc(C2=CC3NC(=O)N(c4cncc5[nH]c(=O)n(C)c45)C(=O)C3S2)c(C#N)cc1Cl. The highest BCUT2D eigenvalue weighted by Gasteiger charge is 2.46. The number of hydrogen-bond donors (Lipinski definition) is 2. The van der Waals surface area contributed by atoms with E-state index in [0.717, 1.165) is 4.90 Å². The molecule has 0 aliphatic carbocycles. The highest BCUT2D eigenvalue weighted by Crippen LogP contribution is 2.45. The number of amides is 3. The van der Waals surface area contributed by atoms with Crippen molar-refractivity contribution in [3.63, 3.8) is 0 Å². The summed E-state index contributed by atoms with van der Waals surface area (Å²) in [5, 5.41) is 12.0. The van der Waals surface area contributed by atoms with Gasteiger partial charge in [0, 0.05) is 17.5 Å². The number of nitrogens with zero attached hydrogens (tertiary/aromatic N) is 4. The van der Waals surface area contributed by atoms with Crippen LogP contribution in [0, 0.1) is 11.3 Å².